The van der Waals surface area contributed by atoms with E-state index in [1.807, 2.05) is 17.0 Å². The minimum Gasteiger partial charge on any atom is -0.356 e. The Balaban J connectivity index is 1.41. The monoisotopic (exact) mass is 318 g/mol. The maximum atomic E-state index is 13.2. The van der Waals surface area contributed by atoms with Crippen LogP contribution in [0.15, 0.2) is 30.7 Å². The van der Waals surface area contributed by atoms with Crippen LogP contribution in [-0.4, -0.2) is 39.6 Å². The van der Waals surface area contributed by atoms with Crippen molar-refractivity contribution in [1.29, 1.82) is 0 Å². The number of halogens is 2. The first-order valence-corrected chi connectivity index (χ1v) is 7.56. The number of anilines is 1. The van der Waals surface area contributed by atoms with Crippen LogP contribution in [-0.2, 0) is 6.54 Å². The molecule has 2 aliphatic rings. The summed E-state index contributed by atoms with van der Waals surface area (Å²) >= 11 is 0. The molecule has 2 aromatic rings. The smallest absolute Gasteiger partial charge is 0.258 e. The molecule has 0 spiro atoms. The Bertz CT molecular complexity index is 742. The van der Waals surface area contributed by atoms with Gasteiger partial charge in [-0.2, -0.15) is 5.10 Å². The predicted octanol–water partition coefficient (Wildman–Crippen LogP) is 2.23. The molecule has 0 radical (unpaired) electrons. The van der Waals surface area contributed by atoms with Crippen molar-refractivity contribution in [1.82, 2.24) is 14.8 Å². The van der Waals surface area contributed by atoms with E-state index in [4.69, 9.17) is 0 Å². The lowest BCUT2D eigenvalue weighted by Crippen LogP contribution is -2.28. The van der Waals surface area contributed by atoms with E-state index < -0.39 is 17.8 Å². The minimum absolute atomic E-state index is 0.0193. The molecule has 23 heavy (non-hydrogen) atoms. The van der Waals surface area contributed by atoms with E-state index in [-0.39, 0.29) is 5.78 Å². The molecule has 2 atom stereocenters. The third-order valence-corrected chi connectivity index (χ3v) is 4.72. The minimum atomic E-state index is -2.47. The third-order valence-electron chi connectivity index (χ3n) is 4.72. The summed E-state index contributed by atoms with van der Waals surface area (Å²) in [5, 5.41) is 4.14. The largest absolute Gasteiger partial charge is 0.356 e. The number of carbonyl (C=O) groups excluding carboxylic acids is 1. The normalized spacial score (nSPS) is 24.6. The summed E-state index contributed by atoms with van der Waals surface area (Å²) < 4.78 is 28.1. The second kappa shape index (κ2) is 4.84. The maximum absolute atomic E-state index is 13.2. The van der Waals surface area contributed by atoms with Gasteiger partial charge in [0.2, 0.25) is 0 Å². The molecule has 2 fully saturated rings. The Morgan fingerprint density at radius 3 is 2.61 bits per heavy atom. The van der Waals surface area contributed by atoms with Crippen LogP contribution >= 0.6 is 0 Å². The highest BCUT2D eigenvalue weighted by atomic mass is 19.3. The number of hydrogen-bond acceptors (Lipinski definition) is 4. The number of alkyl halides is 2. The number of rotatable bonds is 4. The van der Waals surface area contributed by atoms with Gasteiger partial charge in [-0.1, -0.05) is 6.07 Å². The summed E-state index contributed by atoms with van der Waals surface area (Å²) in [4.78, 5) is 17.5. The second-order valence-electron chi connectivity index (χ2n) is 6.30. The summed E-state index contributed by atoms with van der Waals surface area (Å²) in [5.74, 6) is -2.75. The maximum Gasteiger partial charge on any atom is 0.258 e. The molecule has 0 N–H and O–H groups in total. The molecule has 5 nitrogen and oxygen atoms in total. The van der Waals surface area contributed by atoms with Gasteiger partial charge in [0.1, 0.15) is 5.82 Å². The average Bonchev–Trinajstić information content (AvgIpc) is 2.99. The highest BCUT2D eigenvalue weighted by molar-refractivity contribution is 5.93. The zero-order valence-corrected chi connectivity index (χ0v) is 12.6. The lowest BCUT2D eigenvalue weighted by Gasteiger charge is -2.20. The van der Waals surface area contributed by atoms with Gasteiger partial charge in [-0.25, -0.2) is 13.8 Å². The number of piperidine rings is 1. The van der Waals surface area contributed by atoms with Gasteiger partial charge in [-0.15, -0.1) is 0 Å². The van der Waals surface area contributed by atoms with Crippen molar-refractivity contribution in [2.45, 2.75) is 19.4 Å². The summed E-state index contributed by atoms with van der Waals surface area (Å²) in [6.07, 6.45) is 4.97. The molecule has 1 aliphatic heterocycles. The molecule has 2 aromatic heterocycles. The zero-order chi connectivity index (χ0) is 16.2. The summed E-state index contributed by atoms with van der Waals surface area (Å²) in [5.41, 5.74) is 1.52. The first kappa shape index (κ1) is 14.3. The van der Waals surface area contributed by atoms with E-state index in [2.05, 4.69) is 10.1 Å². The third kappa shape index (κ3) is 2.40. The average molecular weight is 318 g/mol. The van der Waals surface area contributed by atoms with E-state index in [9.17, 15) is 13.6 Å². The molecular weight excluding hydrogens is 302 g/mol. The number of aromatic nitrogens is 3. The molecular formula is C16H16F2N4O. The lowest BCUT2D eigenvalue weighted by molar-refractivity contribution is 0.0797. The molecule has 1 aliphatic carbocycles. The number of Topliss-reactive ketones (excluding diaryl/α,β-unsaturated/α-hetero) is 1. The fourth-order valence-corrected chi connectivity index (χ4v) is 3.21. The molecule has 0 bridgehead atoms. The van der Waals surface area contributed by atoms with Gasteiger partial charge in [0.05, 0.1) is 30.1 Å². The number of fused-ring (bicyclic) bond motifs is 1. The Kier molecular flexibility index (Phi) is 3.01. The van der Waals surface area contributed by atoms with E-state index >= 15 is 0 Å². The molecule has 0 amide bonds. The summed E-state index contributed by atoms with van der Waals surface area (Å²) in [6, 6.07) is 3.77. The molecule has 2 unspecified atom stereocenters. The van der Waals surface area contributed by atoms with Crippen molar-refractivity contribution < 1.29 is 13.6 Å². The van der Waals surface area contributed by atoms with Crippen LogP contribution in [0.4, 0.5) is 14.6 Å². The standard InChI is InChI=1S/C16H16F2N4O/c1-10(23)12-5-20-22(7-12)6-11-2-3-15(19-4-11)21-8-13-14(9-21)16(13,17)18/h2-5,7,13-14H,6,8-9H2,1H3. The number of pyridine rings is 1. The van der Waals surface area contributed by atoms with Crippen LogP contribution < -0.4 is 4.90 Å². The SMILES string of the molecule is CC(=O)c1cnn(Cc2ccc(N3CC4C(C3)C4(F)F)nc2)c1. The first-order valence-electron chi connectivity index (χ1n) is 7.56. The van der Waals surface area contributed by atoms with Gasteiger partial charge in [0, 0.05) is 25.5 Å². The van der Waals surface area contributed by atoms with E-state index in [1.54, 1.807) is 23.3 Å². The van der Waals surface area contributed by atoms with Gasteiger partial charge in [0.15, 0.2) is 5.78 Å². The molecule has 7 heteroatoms. The molecule has 3 heterocycles. The Morgan fingerprint density at radius 1 is 1.30 bits per heavy atom. The van der Waals surface area contributed by atoms with Gasteiger partial charge in [-0.05, 0) is 18.6 Å². The zero-order valence-electron chi connectivity index (χ0n) is 12.6. The first-order chi connectivity index (χ1) is 10.9. The molecule has 1 saturated heterocycles. The van der Waals surface area contributed by atoms with Crippen molar-refractivity contribution in [3.05, 3.63) is 41.9 Å². The number of nitrogens with zero attached hydrogens (tertiary/aromatic N) is 4. The van der Waals surface area contributed by atoms with Crippen LogP contribution in [0.3, 0.4) is 0 Å². The Hall–Kier alpha value is -2.31. The predicted molar refractivity (Wildman–Crippen MR) is 79.7 cm³/mol. The summed E-state index contributed by atoms with van der Waals surface area (Å²) in [7, 11) is 0. The fraction of sp³-hybridized carbons (Fsp3) is 0.438. The van der Waals surface area contributed by atoms with Gasteiger partial charge >= 0.3 is 0 Å². The van der Waals surface area contributed by atoms with Crippen molar-refractivity contribution in [3.8, 4) is 0 Å². The lowest BCUT2D eigenvalue weighted by atomic mass is 10.2. The Labute approximate surface area is 131 Å². The van der Waals surface area contributed by atoms with Crippen molar-refractivity contribution in [2.24, 2.45) is 11.8 Å². The quantitative estimate of drug-likeness (QED) is 0.811. The molecule has 4 rings (SSSR count). The Morgan fingerprint density at radius 2 is 2.04 bits per heavy atom. The fourth-order valence-electron chi connectivity index (χ4n) is 3.21. The van der Waals surface area contributed by atoms with E-state index in [1.165, 1.54) is 6.92 Å². The van der Waals surface area contributed by atoms with Crippen LogP contribution in [0.25, 0.3) is 0 Å². The summed E-state index contributed by atoms with van der Waals surface area (Å²) in [6.45, 7) is 2.78. The molecule has 120 valence electrons. The van der Waals surface area contributed by atoms with Crippen molar-refractivity contribution in [3.63, 3.8) is 0 Å². The highest BCUT2D eigenvalue weighted by Crippen LogP contribution is 2.59. The molecule has 0 aromatic carbocycles. The molecule has 1 saturated carbocycles. The van der Waals surface area contributed by atoms with Crippen molar-refractivity contribution in [2.75, 3.05) is 18.0 Å². The number of ketones is 1. The highest BCUT2D eigenvalue weighted by Gasteiger charge is 2.71. The van der Waals surface area contributed by atoms with Crippen LogP contribution in [0.1, 0.15) is 22.8 Å². The van der Waals surface area contributed by atoms with Crippen molar-refractivity contribution >= 4 is 11.6 Å². The topological polar surface area (TPSA) is 51.0 Å². The number of hydrogen-bond donors (Lipinski definition) is 0. The number of carbonyl (C=O) groups is 1. The van der Waals surface area contributed by atoms with Gasteiger partial charge < -0.3 is 4.90 Å². The van der Waals surface area contributed by atoms with Gasteiger partial charge in [0.25, 0.3) is 5.92 Å². The van der Waals surface area contributed by atoms with Crippen LogP contribution in [0.2, 0.25) is 0 Å². The van der Waals surface area contributed by atoms with E-state index in [0.717, 1.165) is 11.4 Å². The second-order valence-corrected chi connectivity index (χ2v) is 6.30. The van der Waals surface area contributed by atoms with Crippen LogP contribution in [0.5, 0.6) is 0 Å². The van der Waals surface area contributed by atoms with Crippen LogP contribution in [0, 0.1) is 11.8 Å². The van der Waals surface area contributed by atoms with Gasteiger partial charge in [-0.3, -0.25) is 9.48 Å². The van der Waals surface area contributed by atoms with E-state index in [0.29, 0.717) is 25.2 Å².